The predicted molar refractivity (Wildman–Crippen MR) is 91.2 cm³/mol. The number of amides is 1. The number of aliphatic hydroxyl groups is 1. The van der Waals surface area contributed by atoms with Gasteiger partial charge in [-0.2, -0.15) is 0 Å². The number of carbonyl (C=O) groups is 1. The van der Waals surface area contributed by atoms with Gasteiger partial charge in [0.1, 0.15) is 0 Å². The molecule has 1 amide bonds. The first-order valence-corrected chi connectivity index (χ1v) is 8.94. The van der Waals surface area contributed by atoms with Crippen LogP contribution in [0.5, 0.6) is 0 Å². The lowest BCUT2D eigenvalue weighted by Gasteiger charge is -2.34. The molecule has 0 bridgehead atoms. The van der Waals surface area contributed by atoms with Crippen LogP contribution in [0.1, 0.15) is 50.5 Å². The molecule has 1 aliphatic heterocycles. The van der Waals surface area contributed by atoms with Gasteiger partial charge in [-0.3, -0.25) is 4.79 Å². The maximum Gasteiger partial charge on any atom is 0.237 e. The molecule has 2 fully saturated rings. The molecule has 1 saturated carbocycles. The van der Waals surface area contributed by atoms with Crippen LogP contribution in [-0.4, -0.2) is 36.2 Å². The molecule has 3 rings (SSSR count). The first-order chi connectivity index (χ1) is 11.2. The third-order valence-electron chi connectivity index (χ3n) is 5.47. The molecule has 3 N–H and O–H groups in total. The largest absolute Gasteiger partial charge is 0.392 e. The third kappa shape index (κ3) is 3.93. The molecule has 4 nitrogen and oxygen atoms in total. The zero-order valence-electron chi connectivity index (χ0n) is 13.8. The summed E-state index contributed by atoms with van der Waals surface area (Å²) < 4.78 is 0. The Balaban J connectivity index is 1.70. The maximum atomic E-state index is 12.4. The van der Waals surface area contributed by atoms with E-state index in [9.17, 15) is 9.90 Å². The van der Waals surface area contributed by atoms with E-state index in [0.717, 1.165) is 12.8 Å². The number of carbonyl (C=O) groups excluding carboxylic acids is 1. The van der Waals surface area contributed by atoms with Crippen LogP contribution < -0.4 is 10.6 Å². The van der Waals surface area contributed by atoms with E-state index in [0.29, 0.717) is 19.5 Å². The first-order valence-electron chi connectivity index (χ1n) is 8.94. The summed E-state index contributed by atoms with van der Waals surface area (Å²) in [6.07, 6.45) is 7.43. The second-order valence-corrected chi connectivity index (χ2v) is 7.13. The van der Waals surface area contributed by atoms with Gasteiger partial charge >= 0.3 is 0 Å². The zero-order chi connectivity index (χ0) is 16.1. The summed E-state index contributed by atoms with van der Waals surface area (Å²) in [4.78, 5) is 12.4. The van der Waals surface area contributed by atoms with Crippen molar-refractivity contribution in [2.75, 3.05) is 13.1 Å². The van der Waals surface area contributed by atoms with Crippen molar-refractivity contribution < 1.29 is 9.90 Å². The van der Waals surface area contributed by atoms with Gasteiger partial charge in [0.25, 0.3) is 0 Å². The number of rotatable bonds is 4. The number of nitrogens with one attached hydrogen (secondary N) is 2. The zero-order valence-corrected chi connectivity index (χ0v) is 13.8. The van der Waals surface area contributed by atoms with E-state index in [1.165, 1.54) is 31.2 Å². The minimum absolute atomic E-state index is 0.0288. The highest BCUT2D eigenvalue weighted by molar-refractivity contribution is 5.82. The summed E-state index contributed by atoms with van der Waals surface area (Å²) in [5.41, 5.74) is 1.41. The Kier molecular flexibility index (Phi) is 5.34. The number of benzene rings is 1. The summed E-state index contributed by atoms with van der Waals surface area (Å²) in [6, 6.07) is 10.4. The van der Waals surface area contributed by atoms with Crippen molar-refractivity contribution in [3.05, 3.63) is 35.9 Å². The molecular weight excluding hydrogens is 288 g/mol. The van der Waals surface area contributed by atoms with Gasteiger partial charge in [-0.05, 0) is 24.8 Å². The Bertz CT molecular complexity index is 509. The SMILES string of the molecule is O=C(NCC1(c2ccccc2)CCCCCC1)C1CC(O)CN1. The van der Waals surface area contributed by atoms with E-state index in [-0.39, 0.29) is 17.4 Å². The van der Waals surface area contributed by atoms with Crippen molar-refractivity contribution in [2.45, 2.75) is 62.5 Å². The van der Waals surface area contributed by atoms with Crippen LogP contribution in [0, 0.1) is 0 Å². The Morgan fingerprint density at radius 3 is 2.48 bits per heavy atom. The number of aliphatic hydroxyl groups excluding tert-OH is 1. The predicted octanol–water partition coefficient (Wildman–Crippen LogP) is 2.12. The van der Waals surface area contributed by atoms with Gasteiger partial charge < -0.3 is 15.7 Å². The molecule has 2 aliphatic rings. The first kappa shape index (κ1) is 16.5. The number of β-amino-alcohol motifs (C(OH)–C–C–N with tert-alkyl or cyclic N) is 1. The molecule has 126 valence electrons. The van der Waals surface area contributed by atoms with Crippen LogP contribution in [0.3, 0.4) is 0 Å². The molecule has 0 spiro atoms. The van der Waals surface area contributed by atoms with E-state index in [2.05, 4.69) is 41.0 Å². The molecular formula is C19H28N2O2. The smallest absolute Gasteiger partial charge is 0.237 e. The Morgan fingerprint density at radius 1 is 1.17 bits per heavy atom. The molecule has 0 radical (unpaired) electrons. The lowest BCUT2D eigenvalue weighted by molar-refractivity contribution is -0.123. The van der Waals surface area contributed by atoms with Crippen LogP contribution in [0.25, 0.3) is 0 Å². The number of hydrogen-bond acceptors (Lipinski definition) is 3. The summed E-state index contributed by atoms with van der Waals surface area (Å²) in [7, 11) is 0. The number of hydrogen-bond donors (Lipinski definition) is 3. The normalized spacial score (nSPS) is 27.3. The average Bonchev–Trinajstić information content (AvgIpc) is 2.88. The monoisotopic (exact) mass is 316 g/mol. The molecule has 1 aromatic rings. The van der Waals surface area contributed by atoms with Crippen LogP contribution in [0.2, 0.25) is 0 Å². The molecule has 0 aromatic heterocycles. The molecule has 1 heterocycles. The van der Waals surface area contributed by atoms with E-state index < -0.39 is 6.10 Å². The van der Waals surface area contributed by atoms with Gasteiger partial charge in [0.2, 0.25) is 5.91 Å². The summed E-state index contributed by atoms with van der Waals surface area (Å²) in [5, 5.41) is 15.9. The fourth-order valence-corrected chi connectivity index (χ4v) is 4.06. The van der Waals surface area contributed by atoms with Crippen molar-refractivity contribution in [1.82, 2.24) is 10.6 Å². The minimum Gasteiger partial charge on any atom is -0.392 e. The molecule has 2 unspecified atom stereocenters. The highest BCUT2D eigenvalue weighted by Gasteiger charge is 2.35. The summed E-state index contributed by atoms with van der Waals surface area (Å²) in [5.74, 6) is 0.0288. The van der Waals surface area contributed by atoms with Gasteiger partial charge in [-0.1, -0.05) is 56.0 Å². The minimum atomic E-state index is -0.397. The molecule has 1 aromatic carbocycles. The van der Waals surface area contributed by atoms with Crippen molar-refractivity contribution in [2.24, 2.45) is 0 Å². The van der Waals surface area contributed by atoms with E-state index >= 15 is 0 Å². The molecule has 1 saturated heterocycles. The maximum absolute atomic E-state index is 12.4. The third-order valence-corrected chi connectivity index (χ3v) is 5.47. The molecule has 23 heavy (non-hydrogen) atoms. The molecule has 1 aliphatic carbocycles. The second-order valence-electron chi connectivity index (χ2n) is 7.13. The lowest BCUT2D eigenvalue weighted by Crippen LogP contribution is -2.46. The van der Waals surface area contributed by atoms with Crippen LogP contribution >= 0.6 is 0 Å². The second kappa shape index (κ2) is 7.45. The van der Waals surface area contributed by atoms with E-state index in [4.69, 9.17) is 0 Å². The fraction of sp³-hybridized carbons (Fsp3) is 0.632. The topological polar surface area (TPSA) is 61.4 Å². The van der Waals surface area contributed by atoms with Gasteiger partial charge in [0.05, 0.1) is 12.1 Å². The van der Waals surface area contributed by atoms with Gasteiger partial charge in [0, 0.05) is 18.5 Å². The Morgan fingerprint density at radius 2 is 1.87 bits per heavy atom. The summed E-state index contributed by atoms with van der Waals surface area (Å²) >= 11 is 0. The highest BCUT2D eigenvalue weighted by atomic mass is 16.3. The van der Waals surface area contributed by atoms with E-state index in [1.54, 1.807) is 0 Å². The van der Waals surface area contributed by atoms with Crippen molar-refractivity contribution >= 4 is 5.91 Å². The van der Waals surface area contributed by atoms with Gasteiger partial charge in [-0.25, -0.2) is 0 Å². The van der Waals surface area contributed by atoms with E-state index in [1.807, 2.05) is 0 Å². The van der Waals surface area contributed by atoms with Crippen LogP contribution in [0.4, 0.5) is 0 Å². The van der Waals surface area contributed by atoms with Crippen LogP contribution in [-0.2, 0) is 10.2 Å². The van der Waals surface area contributed by atoms with Crippen molar-refractivity contribution in [1.29, 1.82) is 0 Å². The molecule has 4 heteroatoms. The standard InChI is InChI=1S/C19H28N2O2/c22-16-12-17(20-13-16)18(23)21-14-19(10-6-1-2-7-11-19)15-8-4-3-5-9-15/h3-5,8-9,16-17,20,22H,1-2,6-7,10-14H2,(H,21,23). The fourth-order valence-electron chi connectivity index (χ4n) is 4.06. The quantitative estimate of drug-likeness (QED) is 0.746. The van der Waals surface area contributed by atoms with Crippen molar-refractivity contribution in [3.63, 3.8) is 0 Å². The van der Waals surface area contributed by atoms with Crippen molar-refractivity contribution in [3.8, 4) is 0 Å². The van der Waals surface area contributed by atoms with Crippen LogP contribution in [0.15, 0.2) is 30.3 Å². The Labute approximate surface area is 138 Å². The van der Waals surface area contributed by atoms with Gasteiger partial charge in [-0.15, -0.1) is 0 Å². The highest BCUT2D eigenvalue weighted by Crippen LogP contribution is 2.37. The average molecular weight is 316 g/mol. The molecule has 2 atom stereocenters. The van der Waals surface area contributed by atoms with Gasteiger partial charge in [0.15, 0.2) is 0 Å². The summed E-state index contributed by atoms with van der Waals surface area (Å²) in [6.45, 7) is 1.21. The lowest BCUT2D eigenvalue weighted by atomic mass is 9.74. The Hall–Kier alpha value is -1.39.